The lowest BCUT2D eigenvalue weighted by molar-refractivity contribution is 0.0966. The van der Waals surface area contributed by atoms with E-state index in [1.54, 1.807) is 48.5 Å². The highest BCUT2D eigenvalue weighted by Gasteiger charge is 2.31. The number of benzene rings is 3. The van der Waals surface area contributed by atoms with Gasteiger partial charge in [0, 0.05) is 12.3 Å². The molecule has 0 N–H and O–H groups in total. The fraction of sp³-hybridized carbons (Fsp3) is 0.174. The van der Waals surface area contributed by atoms with Gasteiger partial charge in [-0.25, -0.2) is 22.0 Å². The lowest BCUT2D eigenvalue weighted by Crippen LogP contribution is -2.16. The van der Waals surface area contributed by atoms with Gasteiger partial charge in [-0.1, -0.05) is 24.3 Å². The zero-order chi connectivity index (χ0) is 22.7. The van der Waals surface area contributed by atoms with Crippen LogP contribution < -0.4 is 9.47 Å². The van der Waals surface area contributed by atoms with E-state index in [-0.39, 0.29) is 0 Å². The summed E-state index contributed by atoms with van der Waals surface area (Å²) in [4.78, 5) is 12.7. The monoisotopic (exact) mass is 436 g/mol. The van der Waals surface area contributed by atoms with Crippen LogP contribution in [0.25, 0.3) is 0 Å². The predicted octanol–water partition coefficient (Wildman–Crippen LogP) is 5.80. The summed E-state index contributed by atoms with van der Waals surface area (Å²) in [7, 11) is 2.95. The van der Waals surface area contributed by atoms with E-state index in [9.17, 15) is 26.7 Å². The van der Waals surface area contributed by atoms with Crippen LogP contribution in [0, 0.1) is 29.1 Å². The Kier molecular flexibility index (Phi) is 6.58. The molecule has 0 aromatic heterocycles. The Balaban J connectivity index is 2.05. The number of ether oxygens (including phenoxy) is 2. The van der Waals surface area contributed by atoms with Gasteiger partial charge in [0.05, 0.1) is 19.8 Å². The number of rotatable bonds is 7. The highest BCUT2D eigenvalue weighted by Crippen LogP contribution is 2.33. The van der Waals surface area contributed by atoms with Crippen LogP contribution >= 0.6 is 0 Å². The van der Waals surface area contributed by atoms with Gasteiger partial charge in [0.1, 0.15) is 11.5 Å². The first-order valence-electron chi connectivity index (χ1n) is 9.11. The zero-order valence-electron chi connectivity index (χ0n) is 16.5. The molecule has 3 rings (SSSR count). The Morgan fingerprint density at radius 1 is 0.677 bits per heavy atom. The molecule has 0 heterocycles. The third-order valence-electron chi connectivity index (χ3n) is 4.91. The van der Waals surface area contributed by atoms with Crippen molar-refractivity contribution in [3.8, 4) is 11.5 Å². The fourth-order valence-electron chi connectivity index (χ4n) is 3.24. The van der Waals surface area contributed by atoms with Gasteiger partial charge in [-0.3, -0.25) is 4.79 Å². The van der Waals surface area contributed by atoms with Gasteiger partial charge < -0.3 is 9.47 Å². The summed E-state index contributed by atoms with van der Waals surface area (Å²) >= 11 is 0. The topological polar surface area (TPSA) is 35.5 Å². The lowest BCUT2D eigenvalue weighted by atomic mass is 9.85. The second-order valence-electron chi connectivity index (χ2n) is 6.67. The molecule has 0 spiro atoms. The van der Waals surface area contributed by atoms with Gasteiger partial charge in [-0.2, -0.15) is 0 Å². The summed E-state index contributed by atoms with van der Waals surface area (Å²) < 4.78 is 78.9. The number of hydrogen-bond acceptors (Lipinski definition) is 3. The number of hydrogen-bond donors (Lipinski definition) is 0. The molecular weight excluding hydrogens is 419 g/mol. The van der Waals surface area contributed by atoms with Crippen LogP contribution in [0.4, 0.5) is 22.0 Å². The molecule has 0 fully saturated rings. The Morgan fingerprint density at radius 2 is 1.03 bits per heavy atom. The first-order chi connectivity index (χ1) is 14.8. The summed E-state index contributed by atoms with van der Waals surface area (Å²) in [6.45, 7) is 0. The smallest absolute Gasteiger partial charge is 0.200 e. The molecule has 3 aromatic carbocycles. The van der Waals surface area contributed by atoms with E-state index < -0.39 is 52.8 Å². The highest BCUT2D eigenvalue weighted by atomic mass is 19.2. The molecule has 3 aromatic rings. The Hall–Kier alpha value is -3.42. The maximum atomic E-state index is 14.1. The van der Waals surface area contributed by atoms with Crippen LogP contribution in [0.1, 0.15) is 33.8 Å². The summed E-state index contributed by atoms with van der Waals surface area (Å²) in [5.74, 6) is -11.8. The molecule has 0 aliphatic heterocycles. The quantitative estimate of drug-likeness (QED) is 0.203. The molecule has 3 nitrogen and oxygen atoms in total. The van der Waals surface area contributed by atoms with Gasteiger partial charge in [-0.15, -0.1) is 0 Å². The number of Topliss-reactive ketones (excluding diaryl/α,β-unsaturated/α-hetero) is 1. The van der Waals surface area contributed by atoms with Crippen LogP contribution in [-0.4, -0.2) is 20.0 Å². The van der Waals surface area contributed by atoms with Crippen LogP contribution in [-0.2, 0) is 0 Å². The van der Waals surface area contributed by atoms with Crippen LogP contribution in [0.3, 0.4) is 0 Å². The Bertz CT molecular complexity index is 1020. The van der Waals surface area contributed by atoms with Crippen LogP contribution in [0.5, 0.6) is 11.5 Å². The molecule has 0 saturated heterocycles. The lowest BCUT2D eigenvalue weighted by Gasteiger charge is -2.19. The molecule has 0 radical (unpaired) electrons. The first kappa shape index (κ1) is 22.3. The molecule has 0 unspecified atom stereocenters. The van der Waals surface area contributed by atoms with Gasteiger partial charge in [0.2, 0.25) is 5.82 Å². The number of methoxy groups -OCH3 is 2. The molecule has 162 valence electrons. The summed E-state index contributed by atoms with van der Waals surface area (Å²) in [6.07, 6.45) is -0.531. The predicted molar refractivity (Wildman–Crippen MR) is 103 cm³/mol. The van der Waals surface area contributed by atoms with E-state index in [0.29, 0.717) is 22.6 Å². The summed E-state index contributed by atoms with van der Waals surface area (Å²) in [6, 6.07) is 13.1. The van der Waals surface area contributed by atoms with Crippen molar-refractivity contribution in [3.05, 3.63) is 94.3 Å². The van der Waals surface area contributed by atoms with Crippen molar-refractivity contribution < 1.29 is 36.2 Å². The van der Waals surface area contributed by atoms with Crippen molar-refractivity contribution in [2.24, 2.45) is 0 Å². The first-order valence-corrected chi connectivity index (χ1v) is 9.11. The minimum Gasteiger partial charge on any atom is -0.497 e. The van der Waals surface area contributed by atoms with Gasteiger partial charge in [-0.05, 0) is 35.4 Å². The maximum absolute atomic E-state index is 14.1. The molecular formula is C23H17F5O3. The van der Waals surface area contributed by atoms with E-state index in [0.717, 1.165) is 0 Å². The largest absolute Gasteiger partial charge is 0.497 e. The Morgan fingerprint density at radius 3 is 1.39 bits per heavy atom. The number of ketones is 1. The maximum Gasteiger partial charge on any atom is 0.200 e. The van der Waals surface area contributed by atoms with E-state index in [1.165, 1.54) is 14.2 Å². The van der Waals surface area contributed by atoms with Crippen molar-refractivity contribution in [1.29, 1.82) is 0 Å². The second-order valence-corrected chi connectivity index (χ2v) is 6.67. The Labute approximate surface area is 175 Å². The minimum atomic E-state index is -2.31. The van der Waals surface area contributed by atoms with Crippen molar-refractivity contribution in [1.82, 2.24) is 0 Å². The van der Waals surface area contributed by atoms with Crippen molar-refractivity contribution >= 4 is 5.78 Å². The molecule has 0 aliphatic carbocycles. The molecule has 0 saturated carbocycles. The standard InChI is InChI=1S/C23H17F5O3/c1-30-14-7-3-12(4-8-14)16(13-5-9-15(31-2)10-6-13)11-17(29)18-19(24)21(26)23(28)22(27)20(18)25/h3-10,16H,11H2,1-2H3. The van der Waals surface area contributed by atoms with E-state index >= 15 is 0 Å². The number of carbonyl (C=O) groups is 1. The van der Waals surface area contributed by atoms with E-state index in [1.807, 2.05) is 0 Å². The second kappa shape index (κ2) is 9.16. The van der Waals surface area contributed by atoms with Gasteiger partial charge in [0.15, 0.2) is 29.1 Å². The third kappa shape index (κ3) is 4.38. The molecule has 0 atom stereocenters. The molecule has 8 heteroatoms. The van der Waals surface area contributed by atoms with Crippen LogP contribution in [0.15, 0.2) is 48.5 Å². The van der Waals surface area contributed by atoms with Crippen molar-refractivity contribution in [3.63, 3.8) is 0 Å². The summed E-state index contributed by atoms with van der Waals surface area (Å²) in [5, 5.41) is 0. The SMILES string of the molecule is COc1ccc(C(CC(=O)c2c(F)c(F)c(F)c(F)c2F)c2ccc(OC)cc2)cc1. The fourth-order valence-corrected chi connectivity index (χ4v) is 3.24. The molecule has 0 aliphatic rings. The van der Waals surface area contributed by atoms with Crippen molar-refractivity contribution in [2.45, 2.75) is 12.3 Å². The molecule has 0 amide bonds. The number of carbonyl (C=O) groups excluding carboxylic acids is 1. The highest BCUT2D eigenvalue weighted by molar-refractivity contribution is 5.97. The zero-order valence-corrected chi connectivity index (χ0v) is 16.5. The van der Waals surface area contributed by atoms with E-state index in [2.05, 4.69) is 0 Å². The van der Waals surface area contributed by atoms with Crippen molar-refractivity contribution in [2.75, 3.05) is 14.2 Å². The molecule has 0 bridgehead atoms. The van der Waals surface area contributed by atoms with Gasteiger partial charge >= 0.3 is 0 Å². The summed E-state index contributed by atoms with van der Waals surface area (Å²) in [5.41, 5.74) is -0.283. The normalized spacial score (nSPS) is 11.0. The minimum absolute atomic E-state index is 0.531. The van der Waals surface area contributed by atoms with Gasteiger partial charge in [0.25, 0.3) is 0 Å². The van der Waals surface area contributed by atoms with E-state index in [4.69, 9.17) is 9.47 Å². The molecule has 31 heavy (non-hydrogen) atoms. The third-order valence-corrected chi connectivity index (χ3v) is 4.91. The number of halogens is 5. The van der Waals surface area contributed by atoms with Crippen LogP contribution in [0.2, 0.25) is 0 Å². The average Bonchev–Trinajstić information content (AvgIpc) is 2.80. The average molecular weight is 436 g/mol.